The molecule has 3 aromatic rings. The first kappa shape index (κ1) is 17.0. The predicted octanol–water partition coefficient (Wildman–Crippen LogP) is 2.19. The molecule has 1 fully saturated rings. The fraction of sp³-hybridized carbons (Fsp3) is 0.278. The molecule has 8 heteroatoms. The van der Waals surface area contributed by atoms with Crippen LogP contribution in [0.2, 0.25) is 0 Å². The summed E-state index contributed by atoms with van der Waals surface area (Å²) in [5, 5.41) is 0. The Kier molecular flexibility index (Phi) is 4.18. The molecule has 1 atom stereocenters. The third kappa shape index (κ3) is 3.07. The fourth-order valence-corrected chi connectivity index (χ4v) is 4.50. The van der Waals surface area contributed by atoms with Crippen molar-refractivity contribution in [3.05, 3.63) is 64.1 Å². The second kappa shape index (κ2) is 6.39. The molecule has 0 amide bonds. The van der Waals surface area contributed by atoms with Gasteiger partial charge in [0.1, 0.15) is 0 Å². The van der Waals surface area contributed by atoms with Crippen LogP contribution in [0, 0.1) is 6.92 Å². The molecule has 1 unspecified atom stereocenters. The summed E-state index contributed by atoms with van der Waals surface area (Å²) < 4.78 is 38.2. The van der Waals surface area contributed by atoms with Gasteiger partial charge in [0, 0.05) is 19.2 Å². The van der Waals surface area contributed by atoms with Crippen LogP contribution in [0.1, 0.15) is 17.2 Å². The van der Waals surface area contributed by atoms with Gasteiger partial charge in [0.25, 0.3) is 0 Å². The second-order valence-electron chi connectivity index (χ2n) is 6.31. The molecule has 2 heterocycles. The molecule has 0 aliphatic carbocycles. The first-order chi connectivity index (χ1) is 12.4. The first-order valence-electron chi connectivity index (χ1n) is 8.25. The third-order valence-electron chi connectivity index (χ3n) is 4.51. The number of fused-ring (bicyclic) bond motifs is 1. The van der Waals surface area contributed by atoms with Gasteiger partial charge in [0.15, 0.2) is 5.58 Å². The molecule has 0 spiro atoms. The van der Waals surface area contributed by atoms with E-state index in [1.807, 2.05) is 31.2 Å². The Balaban J connectivity index is 1.63. The van der Waals surface area contributed by atoms with E-state index in [0.29, 0.717) is 12.1 Å². The zero-order chi connectivity index (χ0) is 18.3. The molecule has 0 bridgehead atoms. The van der Waals surface area contributed by atoms with Crippen LogP contribution in [0.25, 0.3) is 11.1 Å². The molecule has 0 radical (unpaired) electrons. The van der Waals surface area contributed by atoms with Crippen molar-refractivity contribution in [3.8, 4) is 0 Å². The van der Waals surface area contributed by atoms with Crippen molar-refractivity contribution >= 4 is 21.1 Å². The summed E-state index contributed by atoms with van der Waals surface area (Å²) in [5.74, 6) is -0.611. The van der Waals surface area contributed by atoms with Crippen LogP contribution < -0.4 is 5.76 Å². The molecule has 1 N–H and O–H groups in total. The number of oxazole rings is 1. The van der Waals surface area contributed by atoms with E-state index < -0.39 is 15.8 Å². The van der Waals surface area contributed by atoms with Crippen molar-refractivity contribution in [2.24, 2.45) is 0 Å². The molecule has 136 valence electrons. The van der Waals surface area contributed by atoms with Gasteiger partial charge in [0.2, 0.25) is 10.0 Å². The minimum Gasteiger partial charge on any atom is -0.408 e. The monoisotopic (exact) mass is 374 g/mol. The highest BCUT2D eigenvalue weighted by Crippen LogP contribution is 2.27. The molecule has 2 aromatic carbocycles. The van der Waals surface area contributed by atoms with Crippen LogP contribution >= 0.6 is 0 Å². The van der Waals surface area contributed by atoms with Crippen molar-refractivity contribution in [3.63, 3.8) is 0 Å². The van der Waals surface area contributed by atoms with Crippen molar-refractivity contribution < 1.29 is 17.6 Å². The molecule has 1 aliphatic heterocycles. The van der Waals surface area contributed by atoms with Gasteiger partial charge in [-0.05, 0) is 24.6 Å². The molecule has 1 saturated heterocycles. The predicted molar refractivity (Wildman–Crippen MR) is 95.5 cm³/mol. The average molecular weight is 374 g/mol. The minimum atomic E-state index is -3.72. The average Bonchev–Trinajstić information content (AvgIpc) is 3.01. The van der Waals surface area contributed by atoms with Crippen LogP contribution in [-0.2, 0) is 14.8 Å². The molecule has 7 nitrogen and oxygen atoms in total. The summed E-state index contributed by atoms with van der Waals surface area (Å²) in [6.07, 6.45) is -0.312. The van der Waals surface area contributed by atoms with Gasteiger partial charge in [-0.15, -0.1) is 0 Å². The van der Waals surface area contributed by atoms with E-state index in [1.54, 1.807) is 0 Å². The summed E-state index contributed by atoms with van der Waals surface area (Å²) in [6, 6.07) is 12.2. The van der Waals surface area contributed by atoms with E-state index in [1.165, 1.54) is 22.5 Å². The highest BCUT2D eigenvalue weighted by atomic mass is 32.2. The molecular weight excluding hydrogens is 356 g/mol. The zero-order valence-corrected chi connectivity index (χ0v) is 15.0. The number of benzene rings is 2. The Morgan fingerprint density at radius 2 is 1.92 bits per heavy atom. The van der Waals surface area contributed by atoms with Crippen molar-refractivity contribution in [2.45, 2.75) is 17.9 Å². The Bertz CT molecular complexity index is 1100. The number of morpholine rings is 1. The maximum atomic E-state index is 13.0. The van der Waals surface area contributed by atoms with Crippen LogP contribution in [0.15, 0.2) is 56.6 Å². The summed E-state index contributed by atoms with van der Waals surface area (Å²) in [6.45, 7) is 2.83. The quantitative estimate of drug-likeness (QED) is 0.759. The first-order valence-corrected chi connectivity index (χ1v) is 9.69. The van der Waals surface area contributed by atoms with Gasteiger partial charge >= 0.3 is 5.76 Å². The lowest BCUT2D eigenvalue weighted by atomic mass is 10.1. The standard InChI is InChI=1S/C18H18N2O5S/c1-12-2-4-13(5-3-12)17-11-20(8-9-24-17)26(22,23)14-6-7-15-16(10-14)25-18(21)19-15/h2-7,10,17H,8-9,11H2,1H3,(H,19,21). The summed E-state index contributed by atoms with van der Waals surface area (Å²) in [7, 11) is -3.72. The molecule has 4 rings (SSSR count). The smallest absolute Gasteiger partial charge is 0.408 e. The van der Waals surface area contributed by atoms with Crippen molar-refractivity contribution in [1.82, 2.24) is 9.29 Å². The number of hydrogen-bond acceptors (Lipinski definition) is 5. The van der Waals surface area contributed by atoms with Gasteiger partial charge in [-0.2, -0.15) is 4.31 Å². The number of nitrogens with zero attached hydrogens (tertiary/aromatic N) is 1. The lowest BCUT2D eigenvalue weighted by Gasteiger charge is -2.32. The lowest BCUT2D eigenvalue weighted by molar-refractivity contribution is -0.00255. The summed E-state index contributed by atoms with van der Waals surface area (Å²) in [5.41, 5.74) is 2.77. The van der Waals surface area contributed by atoms with Crippen molar-refractivity contribution in [1.29, 1.82) is 0 Å². The highest BCUT2D eigenvalue weighted by Gasteiger charge is 2.31. The van der Waals surface area contributed by atoms with Crippen LogP contribution in [-0.4, -0.2) is 37.4 Å². The van der Waals surface area contributed by atoms with Crippen LogP contribution in [0.3, 0.4) is 0 Å². The molecule has 1 aromatic heterocycles. The zero-order valence-electron chi connectivity index (χ0n) is 14.1. The van der Waals surface area contributed by atoms with Gasteiger partial charge in [-0.1, -0.05) is 29.8 Å². The Hall–Kier alpha value is -2.42. The molecule has 0 saturated carbocycles. The van der Waals surface area contributed by atoms with E-state index in [-0.39, 0.29) is 29.7 Å². The third-order valence-corrected chi connectivity index (χ3v) is 6.37. The number of nitrogens with one attached hydrogen (secondary N) is 1. The number of H-pyrrole nitrogens is 1. The summed E-state index contributed by atoms with van der Waals surface area (Å²) in [4.78, 5) is 13.9. The van der Waals surface area contributed by atoms with E-state index in [9.17, 15) is 13.2 Å². The normalized spacial score (nSPS) is 19.0. The number of ether oxygens (including phenoxy) is 1. The van der Waals surface area contributed by atoms with Crippen LogP contribution in [0.5, 0.6) is 0 Å². The maximum Gasteiger partial charge on any atom is 0.417 e. The lowest BCUT2D eigenvalue weighted by Crippen LogP contribution is -2.42. The van der Waals surface area contributed by atoms with Gasteiger partial charge in [-0.3, -0.25) is 4.98 Å². The summed E-state index contributed by atoms with van der Waals surface area (Å²) >= 11 is 0. The number of rotatable bonds is 3. The molecule has 1 aliphatic rings. The number of aromatic nitrogens is 1. The van der Waals surface area contributed by atoms with E-state index >= 15 is 0 Å². The van der Waals surface area contributed by atoms with Gasteiger partial charge in [0.05, 0.1) is 23.1 Å². The minimum absolute atomic E-state index is 0.0947. The second-order valence-corrected chi connectivity index (χ2v) is 8.24. The topological polar surface area (TPSA) is 92.6 Å². The number of aromatic amines is 1. The van der Waals surface area contributed by atoms with E-state index in [2.05, 4.69) is 4.98 Å². The van der Waals surface area contributed by atoms with E-state index in [4.69, 9.17) is 9.15 Å². The molecular formula is C18H18N2O5S. The Morgan fingerprint density at radius 1 is 1.15 bits per heavy atom. The van der Waals surface area contributed by atoms with Crippen LogP contribution in [0.4, 0.5) is 0 Å². The maximum absolute atomic E-state index is 13.0. The highest BCUT2D eigenvalue weighted by molar-refractivity contribution is 7.89. The van der Waals surface area contributed by atoms with Crippen molar-refractivity contribution in [2.75, 3.05) is 19.7 Å². The number of hydrogen-bond donors (Lipinski definition) is 1. The largest absolute Gasteiger partial charge is 0.417 e. The molecule has 26 heavy (non-hydrogen) atoms. The Labute approximate surface area is 150 Å². The fourth-order valence-electron chi connectivity index (χ4n) is 3.06. The van der Waals surface area contributed by atoms with Gasteiger partial charge in [-0.25, -0.2) is 13.2 Å². The number of aryl methyl sites for hydroxylation is 1. The Morgan fingerprint density at radius 3 is 2.69 bits per heavy atom. The number of sulfonamides is 1. The van der Waals surface area contributed by atoms with E-state index in [0.717, 1.165) is 11.1 Å². The SMILES string of the molecule is Cc1ccc(C2CN(S(=O)(=O)c3ccc4[nH]c(=O)oc4c3)CCO2)cc1. The van der Waals surface area contributed by atoms with Gasteiger partial charge < -0.3 is 9.15 Å².